The fraction of sp³-hybridized carbons (Fsp3) is 0.143. The molecule has 10 heteroatoms. The van der Waals surface area contributed by atoms with E-state index < -0.39 is 0 Å². The molecule has 2 amide bonds. The third-order valence-electron chi connectivity index (χ3n) is 5.99. The van der Waals surface area contributed by atoms with Crippen molar-refractivity contribution in [1.29, 1.82) is 0 Å². The summed E-state index contributed by atoms with van der Waals surface area (Å²) < 4.78 is 10.9. The fourth-order valence-electron chi connectivity index (χ4n) is 4.24. The van der Waals surface area contributed by atoms with Gasteiger partial charge in [0, 0.05) is 22.1 Å². The van der Waals surface area contributed by atoms with E-state index in [2.05, 4.69) is 30.6 Å². The molecule has 2 N–H and O–H groups in total. The molecular weight excluding hydrogens is 484 g/mol. The number of carbonyl (C=O) groups excluding carboxylic acids is 2. The van der Waals surface area contributed by atoms with Gasteiger partial charge in [0.1, 0.15) is 36.0 Å². The Morgan fingerprint density at radius 1 is 0.605 bits per heavy atom. The first-order valence-electron chi connectivity index (χ1n) is 12.1. The molecular formula is C28H22N6O4. The number of carbonyl (C=O) groups is 2. The maximum absolute atomic E-state index is 13.1. The number of hydrogen-bond donors (Lipinski definition) is 2. The van der Waals surface area contributed by atoms with E-state index in [9.17, 15) is 9.59 Å². The summed E-state index contributed by atoms with van der Waals surface area (Å²) in [5.74, 6) is 0.138. The molecule has 0 saturated carbocycles. The Labute approximate surface area is 217 Å². The van der Waals surface area contributed by atoms with Crippen LogP contribution < -0.4 is 10.6 Å². The monoisotopic (exact) mass is 506 g/mol. The number of rotatable bonds is 6. The Bertz CT molecular complexity index is 1510. The lowest BCUT2D eigenvalue weighted by atomic mass is 10.1. The van der Waals surface area contributed by atoms with Crippen molar-refractivity contribution < 1.29 is 19.1 Å². The molecule has 0 spiro atoms. The number of nitrogens with zero attached hydrogens (tertiary/aromatic N) is 4. The molecule has 10 nitrogen and oxygen atoms in total. The Hall–Kier alpha value is -5.12. The highest BCUT2D eigenvalue weighted by molar-refractivity contribution is 6.13. The van der Waals surface area contributed by atoms with E-state index in [0.717, 1.165) is 10.8 Å². The van der Waals surface area contributed by atoms with Gasteiger partial charge in [-0.2, -0.15) is 0 Å². The number of fused-ring (bicyclic) bond motifs is 1. The number of aliphatic imine (C=N–C) groups is 2. The van der Waals surface area contributed by atoms with Gasteiger partial charge in [-0.15, -0.1) is 0 Å². The van der Waals surface area contributed by atoms with Crippen molar-refractivity contribution in [3.8, 4) is 0 Å². The van der Waals surface area contributed by atoms with E-state index in [0.29, 0.717) is 60.9 Å². The predicted octanol–water partition coefficient (Wildman–Crippen LogP) is 3.69. The van der Waals surface area contributed by atoms with E-state index in [1.807, 2.05) is 24.3 Å². The minimum absolute atomic E-state index is 0.240. The SMILES string of the molecule is O=C(Nc1cccc2c(NC(=O)c3cccc(C4=NCCO4)n3)cccc12)c1cccc(C2=NCCO2)n1. The number of anilines is 2. The summed E-state index contributed by atoms with van der Waals surface area (Å²) in [4.78, 5) is 43.5. The molecule has 0 unspecified atom stereocenters. The number of ether oxygens (including phenoxy) is 2. The van der Waals surface area contributed by atoms with Crippen LogP contribution in [0.3, 0.4) is 0 Å². The largest absolute Gasteiger partial charge is 0.474 e. The molecule has 188 valence electrons. The second-order valence-electron chi connectivity index (χ2n) is 8.50. The van der Waals surface area contributed by atoms with Crippen molar-refractivity contribution in [2.45, 2.75) is 0 Å². The standard InChI is InChI=1S/C28H22N6O4/c35-25(21-9-3-11-23(31-21)27-29-13-15-37-27)33-19-7-1-5-17-18(19)6-2-8-20(17)34-26(36)22-10-4-12-24(32-22)28-30-14-16-38-28/h1-12H,13-16H2,(H,33,35)(H,34,36). The van der Waals surface area contributed by atoms with Crippen LogP contribution in [0.4, 0.5) is 11.4 Å². The molecule has 0 bridgehead atoms. The molecule has 0 aliphatic carbocycles. The summed E-state index contributed by atoms with van der Waals surface area (Å²) in [5.41, 5.74) is 2.68. The van der Waals surface area contributed by atoms with Gasteiger partial charge in [-0.3, -0.25) is 9.59 Å². The normalized spacial score (nSPS) is 14.3. The van der Waals surface area contributed by atoms with Crippen LogP contribution in [0.1, 0.15) is 32.4 Å². The molecule has 2 aliphatic heterocycles. The van der Waals surface area contributed by atoms with Crippen LogP contribution >= 0.6 is 0 Å². The molecule has 2 aliphatic rings. The summed E-state index contributed by atoms with van der Waals surface area (Å²) in [6.45, 7) is 2.17. The van der Waals surface area contributed by atoms with Crippen LogP contribution in [-0.4, -0.2) is 59.9 Å². The zero-order chi connectivity index (χ0) is 25.9. The summed E-state index contributed by atoms with van der Waals surface area (Å²) in [6, 6.07) is 21.2. The van der Waals surface area contributed by atoms with Crippen LogP contribution in [0.15, 0.2) is 82.8 Å². The van der Waals surface area contributed by atoms with E-state index in [4.69, 9.17) is 9.47 Å². The summed E-state index contributed by atoms with van der Waals surface area (Å²) in [6.07, 6.45) is 0. The minimum atomic E-state index is -0.370. The number of nitrogens with one attached hydrogen (secondary N) is 2. The first-order valence-corrected chi connectivity index (χ1v) is 12.1. The van der Waals surface area contributed by atoms with Crippen LogP contribution in [-0.2, 0) is 9.47 Å². The highest BCUT2D eigenvalue weighted by Crippen LogP contribution is 2.30. The number of amides is 2. The quantitative estimate of drug-likeness (QED) is 0.411. The van der Waals surface area contributed by atoms with Crippen molar-refractivity contribution >= 4 is 45.8 Å². The number of pyridine rings is 2. The Balaban J connectivity index is 1.24. The van der Waals surface area contributed by atoms with E-state index in [1.165, 1.54) is 0 Å². The second kappa shape index (κ2) is 10.1. The zero-order valence-electron chi connectivity index (χ0n) is 20.2. The van der Waals surface area contributed by atoms with Crippen molar-refractivity contribution in [3.63, 3.8) is 0 Å². The average molecular weight is 507 g/mol. The zero-order valence-corrected chi connectivity index (χ0v) is 20.2. The van der Waals surface area contributed by atoms with E-state index >= 15 is 0 Å². The maximum Gasteiger partial charge on any atom is 0.274 e. The first-order chi connectivity index (χ1) is 18.7. The number of hydrogen-bond acceptors (Lipinski definition) is 8. The molecule has 4 heterocycles. The van der Waals surface area contributed by atoms with Gasteiger partial charge in [0.05, 0.1) is 13.1 Å². The molecule has 2 aromatic heterocycles. The van der Waals surface area contributed by atoms with Crippen molar-refractivity contribution in [1.82, 2.24) is 9.97 Å². The molecule has 38 heavy (non-hydrogen) atoms. The minimum Gasteiger partial charge on any atom is -0.474 e. The van der Waals surface area contributed by atoms with Crippen LogP contribution in [0.5, 0.6) is 0 Å². The molecule has 0 atom stereocenters. The summed E-state index contributed by atoms with van der Waals surface area (Å²) in [5, 5.41) is 7.39. The van der Waals surface area contributed by atoms with Gasteiger partial charge >= 0.3 is 0 Å². The number of benzene rings is 2. The van der Waals surface area contributed by atoms with Gasteiger partial charge in [0.25, 0.3) is 11.8 Å². The Morgan fingerprint density at radius 3 is 1.47 bits per heavy atom. The lowest BCUT2D eigenvalue weighted by molar-refractivity contribution is 0.101. The van der Waals surface area contributed by atoms with Gasteiger partial charge in [0.2, 0.25) is 11.8 Å². The average Bonchev–Trinajstić information content (AvgIpc) is 3.69. The molecule has 0 saturated heterocycles. The highest BCUT2D eigenvalue weighted by atomic mass is 16.5. The second-order valence-corrected chi connectivity index (χ2v) is 8.50. The molecule has 4 aromatic rings. The van der Waals surface area contributed by atoms with Crippen LogP contribution in [0.25, 0.3) is 10.8 Å². The lowest BCUT2D eigenvalue weighted by Gasteiger charge is -2.13. The van der Waals surface area contributed by atoms with Crippen molar-refractivity contribution in [3.05, 3.63) is 95.6 Å². The Morgan fingerprint density at radius 2 is 1.05 bits per heavy atom. The maximum atomic E-state index is 13.1. The third-order valence-corrected chi connectivity index (χ3v) is 5.99. The predicted molar refractivity (Wildman–Crippen MR) is 143 cm³/mol. The molecule has 2 aromatic carbocycles. The first kappa shape index (κ1) is 23.3. The summed E-state index contributed by atoms with van der Waals surface area (Å²) in [7, 11) is 0. The van der Waals surface area contributed by atoms with E-state index in [-0.39, 0.29) is 23.2 Å². The van der Waals surface area contributed by atoms with E-state index in [1.54, 1.807) is 48.5 Å². The van der Waals surface area contributed by atoms with Gasteiger partial charge < -0.3 is 20.1 Å². The number of aromatic nitrogens is 2. The molecule has 0 radical (unpaired) electrons. The smallest absolute Gasteiger partial charge is 0.274 e. The van der Waals surface area contributed by atoms with Crippen LogP contribution in [0, 0.1) is 0 Å². The van der Waals surface area contributed by atoms with Gasteiger partial charge in [-0.1, -0.05) is 36.4 Å². The van der Waals surface area contributed by atoms with Crippen molar-refractivity contribution in [2.75, 3.05) is 36.9 Å². The van der Waals surface area contributed by atoms with Crippen LogP contribution in [0.2, 0.25) is 0 Å². The Kier molecular flexibility index (Phi) is 6.19. The van der Waals surface area contributed by atoms with Gasteiger partial charge in [-0.05, 0) is 36.4 Å². The van der Waals surface area contributed by atoms with Crippen molar-refractivity contribution in [2.24, 2.45) is 9.98 Å². The lowest BCUT2D eigenvalue weighted by Crippen LogP contribution is -2.17. The van der Waals surface area contributed by atoms with Gasteiger partial charge in [-0.25, -0.2) is 20.0 Å². The van der Waals surface area contributed by atoms with Gasteiger partial charge in [0.15, 0.2) is 0 Å². The fourth-order valence-corrected chi connectivity index (χ4v) is 4.24. The third kappa shape index (κ3) is 4.66. The topological polar surface area (TPSA) is 127 Å². The summed E-state index contributed by atoms with van der Waals surface area (Å²) >= 11 is 0. The molecule has 0 fully saturated rings. The molecule has 6 rings (SSSR count). The highest BCUT2D eigenvalue weighted by Gasteiger charge is 2.18.